The van der Waals surface area contributed by atoms with Crippen LogP contribution in [-0.4, -0.2) is 22.3 Å². The minimum atomic E-state index is -0.0218. The van der Waals surface area contributed by atoms with Gasteiger partial charge < -0.3 is 9.30 Å². The Labute approximate surface area is 146 Å². The van der Waals surface area contributed by atoms with Crippen molar-refractivity contribution < 1.29 is 4.74 Å². The van der Waals surface area contributed by atoms with Gasteiger partial charge in [0.1, 0.15) is 5.82 Å². The van der Waals surface area contributed by atoms with Crippen LogP contribution in [0, 0.1) is 20.8 Å². The first kappa shape index (κ1) is 18.7. The Bertz CT molecular complexity index is 738. The van der Waals surface area contributed by atoms with E-state index in [1.807, 2.05) is 0 Å². The van der Waals surface area contributed by atoms with Crippen LogP contribution in [0.5, 0.6) is 0 Å². The number of hydrogen-bond acceptors (Lipinski definition) is 2. The summed E-state index contributed by atoms with van der Waals surface area (Å²) in [4.78, 5) is 4.72. The summed E-state index contributed by atoms with van der Waals surface area (Å²) in [7, 11) is 1.79. The minimum Gasteiger partial charge on any atom is -0.379 e. The molecule has 2 aromatic rings. The van der Waals surface area contributed by atoms with E-state index >= 15 is 0 Å². The third kappa shape index (κ3) is 4.27. The van der Waals surface area contributed by atoms with Crippen molar-refractivity contribution in [3.05, 3.63) is 40.7 Å². The summed E-state index contributed by atoms with van der Waals surface area (Å²) in [6, 6.07) is 4.29. The van der Waals surface area contributed by atoms with Gasteiger partial charge in [-0.05, 0) is 78.0 Å². The van der Waals surface area contributed by atoms with Gasteiger partial charge in [0, 0.05) is 13.7 Å². The van der Waals surface area contributed by atoms with E-state index < -0.39 is 0 Å². The number of ether oxygens (including phenoxy) is 1. The average molecular weight is 329 g/mol. The number of nitrogens with zero attached hydrogens (tertiary/aromatic N) is 2. The van der Waals surface area contributed by atoms with Crippen LogP contribution in [0.3, 0.4) is 0 Å². The molecule has 0 unspecified atom stereocenters. The van der Waals surface area contributed by atoms with Crippen LogP contribution in [-0.2, 0) is 11.3 Å². The highest BCUT2D eigenvalue weighted by molar-refractivity contribution is 5.80. The quantitative estimate of drug-likeness (QED) is 0.627. The Morgan fingerprint density at radius 1 is 1.25 bits per heavy atom. The molecule has 0 N–H and O–H groups in total. The van der Waals surface area contributed by atoms with Gasteiger partial charge in [-0.3, -0.25) is 0 Å². The molecule has 3 heteroatoms. The molecule has 0 spiro atoms. The molecule has 3 nitrogen and oxygen atoms in total. The molecule has 0 aliphatic rings. The van der Waals surface area contributed by atoms with Crippen molar-refractivity contribution in [2.45, 2.75) is 73.0 Å². The summed E-state index contributed by atoms with van der Waals surface area (Å²) in [5, 5.41) is 0. The topological polar surface area (TPSA) is 27.1 Å². The lowest BCUT2D eigenvalue weighted by molar-refractivity contribution is 0.0140. The minimum absolute atomic E-state index is 0.0218. The van der Waals surface area contributed by atoms with Gasteiger partial charge in [0.25, 0.3) is 0 Å². The molecule has 0 radical (unpaired) electrons. The molecule has 2 rings (SSSR count). The predicted octanol–water partition coefficient (Wildman–Crippen LogP) is 5.50. The zero-order valence-electron chi connectivity index (χ0n) is 16.4. The fraction of sp³-hybridized carbons (Fsp3) is 0.571. The first-order chi connectivity index (χ1) is 11.2. The largest absolute Gasteiger partial charge is 0.379 e. The summed E-state index contributed by atoms with van der Waals surface area (Å²) < 4.78 is 7.83. The van der Waals surface area contributed by atoms with Gasteiger partial charge in [-0.25, -0.2) is 4.98 Å². The normalized spacial score (nSPS) is 13.0. The van der Waals surface area contributed by atoms with E-state index in [1.54, 1.807) is 7.11 Å². The van der Waals surface area contributed by atoms with E-state index in [4.69, 9.17) is 9.72 Å². The van der Waals surface area contributed by atoms with E-state index in [-0.39, 0.29) is 5.60 Å². The molecular weight excluding hydrogens is 296 g/mol. The first-order valence-corrected chi connectivity index (χ1v) is 8.89. The van der Waals surface area contributed by atoms with E-state index in [0.717, 1.165) is 37.1 Å². The molecule has 0 bridgehead atoms. The summed E-state index contributed by atoms with van der Waals surface area (Å²) in [6.07, 6.45) is 5.71. The number of rotatable bonds is 7. The molecule has 0 amide bonds. The maximum Gasteiger partial charge on any atom is 0.107 e. The van der Waals surface area contributed by atoms with Crippen molar-refractivity contribution in [3.63, 3.8) is 0 Å². The van der Waals surface area contributed by atoms with Gasteiger partial charge >= 0.3 is 0 Å². The number of benzene rings is 1. The Hall–Kier alpha value is -1.61. The van der Waals surface area contributed by atoms with Crippen molar-refractivity contribution in [1.29, 1.82) is 0 Å². The number of fused-ring (bicyclic) bond motifs is 1. The van der Waals surface area contributed by atoms with E-state index in [9.17, 15) is 0 Å². The molecule has 0 aliphatic heterocycles. The molecular formula is C21H32N2O. The van der Waals surface area contributed by atoms with Crippen LogP contribution in [0.4, 0.5) is 0 Å². The van der Waals surface area contributed by atoms with Crippen LogP contribution in [0.1, 0.15) is 57.0 Å². The Kier molecular flexibility index (Phi) is 5.87. The molecule has 1 aromatic carbocycles. The van der Waals surface area contributed by atoms with Crippen molar-refractivity contribution in [2.24, 2.45) is 0 Å². The third-order valence-corrected chi connectivity index (χ3v) is 5.15. The lowest BCUT2D eigenvalue weighted by Crippen LogP contribution is -2.21. The second-order valence-corrected chi connectivity index (χ2v) is 7.51. The van der Waals surface area contributed by atoms with Crippen molar-refractivity contribution in [1.82, 2.24) is 9.55 Å². The van der Waals surface area contributed by atoms with E-state index in [0.29, 0.717) is 0 Å². The van der Waals surface area contributed by atoms with Gasteiger partial charge in [0.2, 0.25) is 0 Å². The number of allylic oxidation sites excluding steroid dienone is 2. The van der Waals surface area contributed by atoms with Crippen molar-refractivity contribution >= 4 is 11.0 Å². The van der Waals surface area contributed by atoms with Crippen LogP contribution >= 0.6 is 0 Å². The van der Waals surface area contributed by atoms with Crippen LogP contribution < -0.4 is 0 Å². The maximum absolute atomic E-state index is 5.49. The zero-order chi connectivity index (χ0) is 17.9. The third-order valence-electron chi connectivity index (χ3n) is 5.15. The number of hydrogen-bond donors (Lipinski definition) is 0. The van der Waals surface area contributed by atoms with E-state index in [2.05, 4.69) is 64.3 Å². The van der Waals surface area contributed by atoms with Gasteiger partial charge in [-0.1, -0.05) is 17.7 Å². The molecule has 1 aromatic heterocycles. The molecule has 0 fully saturated rings. The Balaban J connectivity index is 2.10. The smallest absolute Gasteiger partial charge is 0.107 e. The summed E-state index contributed by atoms with van der Waals surface area (Å²) in [5.41, 5.74) is 6.45. The molecule has 0 saturated carbocycles. The molecule has 0 saturated heterocycles. The van der Waals surface area contributed by atoms with Crippen molar-refractivity contribution in [3.8, 4) is 0 Å². The van der Waals surface area contributed by atoms with Crippen LogP contribution in [0.2, 0.25) is 0 Å². The Morgan fingerprint density at radius 3 is 2.62 bits per heavy atom. The summed E-state index contributed by atoms with van der Waals surface area (Å²) >= 11 is 0. The lowest BCUT2D eigenvalue weighted by atomic mass is 9.99. The standard InChI is InChI=1S/C21H32N2O/c1-15(9-8-13-21(5,6)24-7)12-14-23-18(4)22-19-11-10-16(2)17(3)20(19)23/h10-12H,8-9,13-14H2,1-7H3. The molecule has 132 valence electrons. The molecule has 0 aliphatic carbocycles. The number of imidazole rings is 1. The average Bonchev–Trinajstić information content (AvgIpc) is 2.85. The lowest BCUT2D eigenvalue weighted by Gasteiger charge is -2.22. The fourth-order valence-corrected chi connectivity index (χ4v) is 3.08. The SMILES string of the molecule is COC(C)(C)CCCC(C)=CCn1c(C)nc2ccc(C)c(C)c21. The van der Waals surface area contributed by atoms with Gasteiger partial charge in [-0.2, -0.15) is 0 Å². The molecule has 0 atom stereocenters. The van der Waals surface area contributed by atoms with Crippen molar-refractivity contribution in [2.75, 3.05) is 7.11 Å². The van der Waals surface area contributed by atoms with Gasteiger partial charge in [0.15, 0.2) is 0 Å². The number of aromatic nitrogens is 2. The zero-order valence-corrected chi connectivity index (χ0v) is 16.4. The number of methoxy groups -OCH3 is 1. The summed E-state index contributed by atoms with van der Waals surface area (Å²) in [5.74, 6) is 1.09. The second kappa shape index (κ2) is 7.52. The second-order valence-electron chi connectivity index (χ2n) is 7.51. The fourth-order valence-electron chi connectivity index (χ4n) is 3.08. The monoisotopic (exact) mass is 328 g/mol. The van der Waals surface area contributed by atoms with Crippen LogP contribution in [0.15, 0.2) is 23.8 Å². The molecule has 1 heterocycles. The highest BCUT2D eigenvalue weighted by atomic mass is 16.5. The first-order valence-electron chi connectivity index (χ1n) is 8.89. The predicted molar refractivity (Wildman–Crippen MR) is 103 cm³/mol. The number of aryl methyl sites for hydroxylation is 3. The highest BCUT2D eigenvalue weighted by Crippen LogP contribution is 2.23. The maximum atomic E-state index is 5.49. The highest BCUT2D eigenvalue weighted by Gasteiger charge is 2.15. The Morgan fingerprint density at radius 2 is 1.96 bits per heavy atom. The van der Waals surface area contributed by atoms with Gasteiger partial charge in [0.05, 0.1) is 16.6 Å². The van der Waals surface area contributed by atoms with Crippen LogP contribution in [0.25, 0.3) is 11.0 Å². The summed E-state index contributed by atoms with van der Waals surface area (Å²) in [6.45, 7) is 13.9. The molecule has 24 heavy (non-hydrogen) atoms. The van der Waals surface area contributed by atoms with E-state index in [1.165, 1.54) is 22.2 Å². The van der Waals surface area contributed by atoms with Gasteiger partial charge in [-0.15, -0.1) is 0 Å².